The fraction of sp³-hybridized carbons (Fsp3) is 0.316. The van der Waals surface area contributed by atoms with Gasteiger partial charge in [0, 0.05) is 12.6 Å². The van der Waals surface area contributed by atoms with Crippen LogP contribution < -0.4 is 5.32 Å². The lowest BCUT2D eigenvalue weighted by molar-refractivity contribution is 0.0600. The molecule has 0 aliphatic carbocycles. The van der Waals surface area contributed by atoms with Gasteiger partial charge in [0.25, 0.3) is 0 Å². The smallest absolute Gasteiger partial charge is 0.337 e. The van der Waals surface area contributed by atoms with E-state index in [0.29, 0.717) is 12.1 Å². The number of ether oxygens (including phenoxy) is 1. The van der Waals surface area contributed by atoms with Crippen molar-refractivity contribution in [3.63, 3.8) is 0 Å². The summed E-state index contributed by atoms with van der Waals surface area (Å²) in [6.45, 7) is 2.58. The summed E-state index contributed by atoms with van der Waals surface area (Å²) in [4.78, 5) is 11.4. The van der Waals surface area contributed by atoms with E-state index in [1.54, 1.807) is 12.1 Å². The van der Waals surface area contributed by atoms with E-state index < -0.39 is 6.10 Å². The van der Waals surface area contributed by atoms with E-state index in [1.165, 1.54) is 7.11 Å². The molecule has 0 unspecified atom stereocenters. The van der Waals surface area contributed by atoms with Crippen LogP contribution in [0.1, 0.15) is 34.5 Å². The van der Waals surface area contributed by atoms with Gasteiger partial charge >= 0.3 is 5.97 Å². The highest BCUT2D eigenvalue weighted by Crippen LogP contribution is 2.12. The third kappa shape index (κ3) is 5.20. The van der Waals surface area contributed by atoms with Crippen molar-refractivity contribution in [2.75, 3.05) is 13.7 Å². The summed E-state index contributed by atoms with van der Waals surface area (Å²) >= 11 is 0. The summed E-state index contributed by atoms with van der Waals surface area (Å²) in [7, 11) is 1.38. The van der Waals surface area contributed by atoms with E-state index in [-0.39, 0.29) is 12.0 Å². The minimum absolute atomic E-state index is 0.220. The predicted molar refractivity (Wildman–Crippen MR) is 90.4 cm³/mol. The summed E-state index contributed by atoms with van der Waals surface area (Å²) in [5, 5.41) is 13.5. The van der Waals surface area contributed by atoms with Crippen LogP contribution in [0, 0.1) is 0 Å². The number of aliphatic hydroxyl groups excluding tert-OH is 1. The second-order valence-corrected chi connectivity index (χ2v) is 5.63. The van der Waals surface area contributed by atoms with Crippen molar-refractivity contribution >= 4 is 5.97 Å². The minimum Gasteiger partial charge on any atom is -0.465 e. The summed E-state index contributed by atoms with van der Waals surface area (Å²) in [6, 6.07) is 17.2. The topological polar surface area (TPSA) is 58.6 Å². The second-order valence-electron chi connectivity index (χ2n) is 5.63. The largest absolute Gasteiger partial charge is 0.465 e. The molecule has 0 aromatic heterocycles. The highest BCUT2D eigenvalue weighted by molar-refractivity contribution is 5.89. The zero-order valence-electron chi connectivity index (χ0n) is 13.5. The Hall–Kier alpha value is -2.17. The Morgan fingerprint density at radius 2 is 1.78 bits per heavy atom. The molecule has 0 aliphatic rings. The Morgan fingerprint density at radius 1 is 1.13 bits per heavy atom. The molecule has 0 saturated heterocycles. The molecule has 2 aromatic rings. The molecule has 4 nitrogen and oxygen atoms in total. The summed E-state index contributed by atoms with van der Waals surface area (Å²) < 4.78 is 4.69. The van der Waals surface area contributed by atoms with Gasteiger partial charge in [0.1, 0.15) is 0 Å². The fourth-order valence-corrected chi connectivity index (χ4v) is 2.43. The van der Waals surface area contributed by atoms with Crippen LogP contribution in [0.15, 0.2) is 54.6 Å². The molecule has 23 heavy (non-hydrogen) atoms. The van der Waals surface area contributed by atoms with Crippen LogP contribution in [-0.2, 0) is 11.2 Å². The molecule has 4 heteroatoms. The van der Waals surface area contributed by atoms with Crippen LogP contribution in [0.5, 0.6) is 0 Å². The molecule has 0 bridgehead atoms. The maximum Gasteiger partial charge on any atom is 0.337 e. The van der Waals surface area contributed by atoms with Crippen molar-refractivity contribution in [1.29, 1.82) is 0 Å². The number of esters is 1. The van der Waals surface area contributed by atoms with Gasteiger partial charge in [-0.15, -0.1) is 0 Å². The van der Waals surface area contributed by atoms with Crippen LogP contribution in [0.3, 0.4) is 0 Å². The molecule has 0 spiro atoms. The zero-order chi connectivity index (χ0) is 16.7. The maximum atomic E-state index is 11.4. The van der Waals surface area contributed by atoms with Crippen LogP contribution >= 0.6 is 0 Å². The van der Waals surface area contributed by atoms with Gasteiger partial charge in [-0.05, 0) is 36.6 Å². The molecular formula is C19H23NO3. The number of methoxy groups -OCH3 is 1. The third-order valence-electron chi connectivity index (χ3n) is 3.76. The number of rotatable bonds is 7. The summed E-state index contributed by atoms with van der Waals surface area (Å²) in [5.41, 5.74) is 2.60. The van der Waals surface area contributed by atoms with Crippen LogP contribution in [0.4, 0.5) is 0 Å². The molecule has 0 heterocycles. The first-order valence-corrected chi connectivity index (χ1v) is 7.74. The number of carbonyl (C=O) groups excluding carboxylic acids is 1. The number of benzene rings is 2. The number of aliphatic hydroxyl groups is 1. The highest BCUT2D eigenvalue weighted by atomic mass is 16.5. The standard InChI is InChI=1S/C19H23NO3/c1-14(20-13-18(21)16-6-4-3-5-7-16)12-15-8-10-17(11-9-15)19(22)23-2/h3-11,14,18,20-21H,12-13H2,1-2H3/t14-,18-/m0/s1. The molecule has 2 N–H and O–H groups in total. The monoisotopic (exact) mass is 313 g/mol. The van der Waals surface area contributed by atoms with Gasteiger partial charge in [0.15, 0.2) is 0 Å². The molecule has 0 radical (unpaired) electrons. The number of carbonyl (C=O) groups is 1. The van der Waals surface area contributed by atoms with Gasteiger partial charge in [-0.1, -0.05) is 42.5 Å². The van der Waals surface area contributed by atoms with Gasteiger partial charge in [-0.2, -0.15) is 0 Å². The van der Waals surface area contributed by atoms with E-state index in [0.717, 1.165) is 17.5 Å². The number of hydrogen-bond acceptors (Lipinski definition) is 4. The average molecular weight is 313 g/mol. The Balaban J connectivity index is 1.82. The molecule has 2 aromatic carbocycles. The van der Waals surface area contributed by atoms with Gasteiger partial charge in [-0.3, -0.25) is 0 Å². The van der Waals surface area contributed by atoms with E-state index in [2.05, 4.69) is 17.0 Å². The van der Waals surface area contributed by atoms with E-state index in [1.807, 2.05) is 42.5 Å². The normalized spacial score (nSPS) is 13.3. The molecule has 2 rings (SSSR count). The number of nitrogens with one attached hydrogen (secondary N) is 1. The Kier molecular flexibility index (Phi) is 6.32. The maximum absolute atomic E-state index is 11.4. The van der Waals surface area contributed by atoms with Crippen LogP contribution in [-0.4, -0.2) is 30.8 Å². The first-order chi connectivity index (χ1) is 11.1. The van der Waals surface area contributed by atoms with E-state index in [4.69, 9.17) is 0 Å². The second kappa shape index (κ2) is 8.46. The van der Waals surface area contributed by atoms with E-state index >= 15 is 0 Å². The van der Waals surface area contributed by atoms with Gasteiger partial charge < -0.3 is 15.2 Å². The van der Waals surface area contributed by atoms with E-state index in [9.17, 15) is 9.90 Å². The van der Waals surface area contributed by atoms with Crippen molar-refractivity contribution in [3.8, 4) is 0 Å². The average Bonchev–Trinajstić information content (AvgIpc) is 2.60. The Bertz CT molecular complexity index is 610. The Morgan fingerprint density at radius 3 is 2.39 bits per heavy atom. The summed E-state index contributed by atoms with van der Waals surface area (Å²) in [5.74, 6) is -0.325. The van der Waals surface area contributed by atoms with Gasteiger partial charge in [-0.25, -0.2) is 4.79 Å². The molecule has 0 saturated carbocycles. The number of hydrogen-bond donors (Lipinski definition) is 2. The predicted octanol–water partition coefficient (Wildman–Crippen LogP) is 2.73. The first-order valence-electron chi connectivity index (χ1n) is 7.74. The molecule has 0 aliphatic heterocycles. The quantitative estimate of drug-likeness (QED) is 0.772. The van der Waals surface area contributed by atoms with Crippen molar-refractivity contribution in [2.45, 2.75) is 25.5 Å². The lowest BCUT2D eigenvalue weighted by atomic mass is 10.0. The molecule has 0 amide bonds. The third-order valence-corrected chi connectivity index (χ3v) is 3.76. The lowest BCUT2D eigenvalue weighted by Gasteiger charge is -2.17. The molecular weight excluding hydrogens is 290 g/mol. The summed E-state index contributed by atoms with van der Waals surface area (Å²) in [6.07, 6.45) is 0.309. The van der Waals surface area contributed by atoms with Crippen molar-refractivity contribution in [1.82, 2.24) is 5.32 Å². The zero-order valence-corrected chi connectivity index (χ0v) is 13.5. The lowest BCUT2D eigenvalue weighted by Crippen LogP contribution is -2.32. The SMILES string of the molecule is COC(=O)c1ccc(C[C@H](C)NC[C@H](O)c2ccccc2)cc1. The van der Waals surface area contributed by atoms with Crippen molar-refractivity contribution in [2.24, 2.45) is 0 Å². The van der Waals surface area contributed by atoms with Gasteiger partial charge in [0.2, 0.25) is 0 Å². The Labute approximate surface area is 137 Å². The van der Waals surface area contributed by atoms with Crippen LogP contribution in [0.2, 0.25) is 0 Å². The highest BCUT2D eigenvalue weighted by Gasteiger charge is 2.10. The molecule has 122 valence electrons. The fourth-order valence-electron chi connectivity index (χ4n) is 2.43. The molecule has 2 atom stereocenters. The minimum atomic E-state index is -0.514. The molecule has 0 fully saturated rings. The van der Waals surface area contributed by atoms with Crippen molar-refractivity contribution in [3.05, 3.63) is 71.3 Å². The van der Waals surface area contributed by atoms with Crippen LogP contribution in [0.25, 0.3) is 0 Å². The van der Waals surface area contributed by atoms with Gasteiger partial charge in [0.05, 0.1) is 18.8 Å². The van der Waals surface area contributed by atoms with Crippen molar-refractivity contribution < 1.29 is 14.6 Å². The first kappa shape index (κ1) is 17.2.